The standard InChI is InChI=1S/C20H24F3N3O2/c21-20(22,23)14-26-19(27)10-9-18(25-26)16-5-7-17(8-6-16)28-12-2-4-15-3-1-11-24-13-15/h5-10,15,24H,1-4,11-14H2. The highest BCUT2D eigenvalue weighted by Gasteiger charge is 2.29. The van der Waals surface area contributed by atoms with Gasteiger partial charge < -0.3 is 10.1 Å². The van der Waals surface area contributed by atoms with Crippen LogP contribution in [0.1, 0.15) is 25.7 Å². The minimum Gasteiger partial charge on any atom is -0.494 e. The van der Waals surface area contributed by atoms with Crippen molar-refractivity contribution < 1.29 is 17.9 Å². The normalized spacial score (nSPS) is 17.5. The zero-order valence-corrected chi connectivity index (χ0v) is 15.5. The second-order valence-electron chi connectivity index (χ2n) is 7.06. The molecule has 1 unspecified atom stereocenters. The van der Waals surface area contributed by atoms with E-state index in [1.807, 2.05) is 0 Å². The molecule has 0 radical (unpaired) electrons. The number of piperidine rings is 1. The molecule has 0 aliphatic carbocycles. The zero-order valence-electron chi connectivity index (χ0n) is 15.5. The zero-order chi connectivity index (χ0) is 20.0. The first-order valence-electron chi connectivity index (χ1n) is 9.49. The predicted molar refractivity (Wildman–Crippen MR) is 100 cm³/mol. The summed E-state index contributed by atoms with van der Waals surface area (Å²) in [5, 5.41) is 7.23. The first-order valence-corrected chi connectivity index (χ1v) is 9.49. The molecule has 8 heteroatoms. The lowest BCUT2D eigenvalue weighted by atomic mass is 9.95. The summed E-state index contributed by atoms with van der Waals surface area (Å²) >= 11 is 0. The number of rotatable bonds is 7. The van der Waals surface area contributed by atoms with Crippen LogP contribution in [0.3, 0.4) is 0 Å². The molecular formula is C20H24F3N3O2. The molecule has 2 aromatic rings. The average Bonchev–Trinajstić information content (AvgIpc) is 2.67. The van der Waals surface area contributed by atoms with Crippen molar-refractivity contribution in [1.82, 2.24) is 15.1 Å². The fraction of sp³-hybridized carbons (Fsp3) is 0.500. The molecule has 1 aliphatic heterocycles. The molecule has 0 bridgehead atoms. The molecule has 0 spiro atoms. The van der Waals surface area contributed by atoms with Crippen molar-refractivity contribution in [2.45, 2.75) is 38.4 Å². The molecule has 1 fully saturated rings. The second-order valence-corrected chi connectivity index (χ2v) is 7.06. The number of hydrogen-bond donors (Lipinski definition) is 1. The van der Waals surface area contributed by atoms with Crippen LogP contribution in [0.2, 0.25) is 0 Å². The van der Waals surface area contributed by atoms with Gasteiger partial charge in [-0.05, 0) is 75.0 Å². The van der Waals surface area contributed by atoms with Crippen LogP contribution < -0.4 is 15.6 Å². The maximum Gasteiger partial charge on any atom is 0.408 e. The molecule has 1 aliphatic rings. The lowest BCUT2D eigenvalue weighted by Gasteiger charge is -2.22. The molecular weight excluding hydrogens is 371 g/mol. The highest BCUT2D eigenvalue weighted by molar-refractivity contribution is 5.59. The molecule has 1 atom stereocenters. The van der Waals surface area contributed by atoms with E-state index >= 15 is 0 Å². The summed E-state index contributed by atoms with van der Waals surface area (Å²) in [6.07, 6.45) is 0.122. The highest BCUT2D eigenvalue weighted by Crippen LogP contribution is 2.22. The Morgan fingerprint density at radius 2 is 1.96 bits per heavy atom. The Kier molecular flexibility index (Phi) is 6.72. The van der Waals surface area contributed by atoms with Crippen LogP contribution >= 0.6 is 0 Å². The summed E-state index contributed by atoms with van der Waals surface area (Å²) in [6.45, 7) is 1.42. The van der Waals surface area contributed by atoms with Crippen molar-refractivity contribution in [2.75, 3.05) is 19.7 Å². The van der Waals surface area contributed by atoms with Crippen molar-refractivity contribution in [3.8, 4) is 17.0 Å². The molecule has 1 aromatic carbocycles. The van der Waals surface area contributed by atoms with Crippen LogP contribution in [0.5, 0.6) is 5.75 Å². The minimum atomic E-state index is -4.50. The third kappa shape index (κ3) is 6.09. The van der Waals surface area contributed by atoms with E-state index in [1.54, 1.807) is 24.3 Å². The summed E-state index contributed by atoms with van der Waals surface area (Å²) in [5.41, 5.74) is 0.144. The largest absolute Gasteiger partial charge is 0.494 e. The Bertz CT molecular complexity index is 813. The molecule has 5 nitrogen and oxygen atoms in total. The molecule has 28 heavy (non-hydrogen) atoms. The fourth-order valence-corrected chi connectivity index (χ4v) is 3.34. The van der Waals surface area contributed by atoms with Crippen molar-refractivity contribution in [3.05, 3.63) is 46.8 Å². The van der Waals surface area contributed by atoms with Crippen molar-refractivity contribution in [1.29, 1.82) is 0 Å². The maximum absolute atomic E-state index is 12.6. The van der Waals surface area contributed by atoms with E-state index < -0.39 is 18.3 Å². The first-order chi connectivity index (χ1) is 13.4. The van der Waals surface area contributed by atoms with Crippen LogP contribution in [-0.2, 0) is 6.54 Å². The molecule has 3 rings (SSSR count). The molecule has 1 aromatic heterocycles. The Hall–Kier alpha value is -2.35. The van der Waals surface area contributed by atoms with Gasteiger partial charge in [-0.1, -0.05) is 0 Å². The van der Waals surface area contributed by atoms with Gasteiger partial charge in [0.05, 0.1) is 12.3 Å². The van der Waals surface area contributed by atoms with Gasteiger partial charge in [0, 0.05) is 11.6 Å². The molecule has 0 saturated carbocycles. The van der Waals surface area contributed by atoms with E-state index in [9.17, 15) is 18.0 Å². The number of hydrogen-bond acceptors (Lipinski definition) is 4. The van der Waals surface area contributed by atoms with Gasteiger partial charge in [-0.25, -0.2) is 4.68 Å². The summed E-state index contributed by atoms with van der Waals surface area (Å²) < 4.78 is 43.8. The third-order valence-corrected chi connectivity index (χ3v) is 4.77. The van der Waals surface area contributed by atoms with Crippen LogP contribution in [-0.4, -0.2) is 35.7 Å². The topological polar surface area (TPSA) is 56.1 Å². The lowest BCUT2D eigenvalue weighted by molar-refractivity contribution is -0.143. The number of nitrogens with one attached hydrogen (secondary N) is 1. The molecule has 1 saturated heterocycles. The van der Waals surface area contributed by atoms with E-state index in [1.165, 1.54) is 18.9 Å². The Balaban J connectivity index is 1.55. The van der Waals surface area contributed by atoms with Gasteiger partial charge >= 0.3 is 6.18 Å². The van der Waals surface area contributed by atoms with Gasteiger partial charge in [0.1, 0.15) is 12.3 Å². The number of alkyl halides is 3. The van der Waals surface area contributed by atoms with Gasteiger partial charge in [0.2, 0.25) is 0 Å². The lowest BCUT2D eigenvalue weighted by Crippen LogP contribution is -2.29. The third-order valence-electron chi connectivity index (χ3n) is 4.77. The Morgan fingerprint density at radius 1 is 1.18 bits per heavy atom. The van der Waals surface area contributed by atoms with Crippen molar-refractivity contribution in [3.63, 3.8) is 0 Å². The number of halogens is 3. The first kappa shape index (κ1) is 20.4. The number of ether oxygens (including phenoxy) is 1. The maximum atomic E-state index is 12.6. The average molecular weight is 395 g/mol. The number of nitrogens with zero attached hydrogens (tertiary/aromatic N) is 2. The van der Waals surface area contributed by atoms with Gasteiger partial charge in [0.25, 0.3) is 5.56 Å². The van der Waals surface area contributed by atoms with Gasteiger partial charge in [-0.3, -0.25) is 4.79 Å². The summed E-state index contributed by atoms with van der Waals surface area (Å²) in [4.78, 5) is 11.6. The van der Waals surface area contributed by atoms with Crippen LogP contribution in [0.25, 0.3) is 11.3 Å². The van der Waals surface area contributed by atoms with E-state index in [-0.39, 0.29) is 0 Å². The van der Waals surface area contributed by atoms with Crippen molar-refractivity contribution >= 4 is 0 Å². The van der Waals surface area contributed by atoms with Crippen LogP contribution in [0, 0.1) is 5.92 Å². The molecule has 152 valence electrons. The highest BCUT2D eigenvalue weighted by atomic mass is 19.4. The Morgan fingerprint density at radius 3 is 2.64 bits per heavy atom. The van der Waals surface area contributed by atoms with Gasteiger partial charge in [-0.15, -0.1) is 0 Å². The number of aromatic nitrogens is 2. The van der Waals surface area contributed by atoms with Crippen LogP contribution in [0.4, 0.5) is 13.2 Å². The molecule has 1 N–H and O–H groups in total. The Labute approximate surface area is 161 Å². The smallest absolute Gasteiger partial charge is 0.408 e. The molecule has 2 heterocycles. The minimum absolute atomic E-state index is 0.306. The van der Waals surface area contributed by atoms with Crippen LogP contribution in [0.15, 0.2) is 41.2 Å². The summed E-state index contributed by atoms with van der Waals surface area (Å²) in [5.74, 6) is 1.42. The second kappa shape index (κ2) is 9.23. The van der Waals surface area contributed by atoms with E-state index in [4.69, 9.17) is 4.74 Å². The fourth-order valence-electron chi connectivity index (χ4n) is 3.34. The van der Waals surface area contributed by atoms with E-state index in [2.05, 4.69) is 10.4 Å². The van der Waals surface area contributed by atoms with E-state index in [0.717, 1.165) is 37.9 Å². The number of benzene rings is 1. The quantitative estimate of drug-likeness (QED) is 0.728. The monoisotopic (exact) mass is 395 g/mol. The van der Waals surface area contributed by atoms with Gasteiger partial charge in [-0.2, -0.15) is 18.3 Å². The molecule has 0 amide bonds. The van der Waals surface area contributed by atoms with Crippen molar-refractivity contribution in [2.24, 2.45) is 5.92 Å². The summed E-state index contributed by atoms with van der Waals surface area (Å²) in [7, 11) is 0. The summed E-state index contributed by atoms with van der Waals surface area (Å²) in [6, 6.07) is 9.49. The SMILES string of the molecule is O=c1ccc(-c2ccc(OCCCC3CCCNC3)cc2)nn1CC(F)(F)F. The van der Waals surface area contributed by atoms with Gasteiger partial charge in [0.15, 0.2) is 0 Å². The van der Waals surface area contributed by atoms with E-state index in [0.29, 0.717) is 28.3 Å². The predicted octanol–water partition coefficient (Wildman–Crippen LogP) is 3.63.